The number of anilines is 1. The van der Waals surface area contributed by atoms with Crippen LogP contribution in [0.2, 0.25) is 0 Å². The van der Waals surface area contributed by atoms with Gasteiger partial charge in [0.15, 0.2) is 11.5 Å². The number of carbonyl (C=O) groups excluding carboxylic acids is 1. The van der Waals surface area contributed by atoms with Crippen LogP contribution in [-0.4, -0.2) is 84.2 Å². The molecule has 0 atom stereocenters. The molecule has 0 saturated carbocycles. The number of benzene rings is 5. The van der Waals surface area contributed by atoms with E-state index in [9.17, 15) is 73.9 Å². The van der Waals surface area contributed by atoms with Crippen LogP contribution in [-0.2, 0) is 35.1 Å². The number of azo groups is 3. The van der Waals surface area contributed by atoms with E-state index in [0.29, 0.717) is 18.2 Å². The normalized spacial score (nSPS) is 12.3. The third kappa shape index (κ3) is 10.5. The fraction of sp³-hybridized carbons (Fsp3) is 0.143. The van der Waals surface area contributed by atoms with Gasteiger partial charge in [0.1, 0.15) is 60.2 Å². The molecular weight excluding hydrogens is 917 g/mol. The van der Waals surface area contributed by atoms with Gasteiger partial charge < -0.3 is 30.1 Å². The average Bonchev–Trinajstić information content (AvgIpc) is 3.18. The average molecular weight is 947 g/mol. The Balaban J connectivity index is 1.70. The lowest BCUT2D eigenvalue weighted by molar-refractivity contribution is -0.385. The second kappa shape index (κ2) is 18.4. The highest BCUT2D eigenvalue weighted by Gasteiger charge is 2.29. The number of phenolic OH excluding ortho intramolecular Hbond substituents is 2. The zero-order valence-electron chi connectivity index (χ0n) is 32.6. The molecule has 0 bridgehead atoms. The number of hydrogen-bond acceptors (Lipinski definition) is 20. The highest BCUT2D eigenvalue weighted by atomic mass is 32.2. The van der Waals surface area contributed by atoms with E-state index in [4.69, 9.17) is 9.47 Å². The molecule has 0 aliphatic carbocycles. The van der Waals surface area contributed by atoms with Gasteiger partial charge in [-0.1, -0.05) is 0 Å². The van der Waals surface area contributed by atoms with Gasteiger partial charge in [-0.25, -0.2) is 4.79 Å². The van der Waals surface area contributed by atoms with Crippen molar-refractivity contribution in [3.05, 3.63) is 76.3 Å². The molecule has 5 rings (SSSR count). The maximum Gasteiger partial charge on any atom is 0.342 e. The maximum atomic E-state index is 12.6. The Morgan fingerprint density at radius 2 is 1.16 bits per heavy atom. The van der Waals surface area contributed by atoms with Crippen LogP contribution in [0, 0.1) is 10.1 Å². The number of rotatable bonds is 16. The predicted octanol–water partition coefficient (Wildman–Crippen LogP) is 7.60. The number of fused-ring (bicyclic) bond motifs is 1. The molecule has 0 aliphatic heterocycles. The minimum absolute atomic E-state index is 0.0124. The summed E-state index contributed by atoms with van der Waals surface area (Å²) in [5.41, 5.74) is -5.08. The molecular formula is C35H30N8O18S3. The van der Waals surface area contributed by atoms with Gasteiger partial charge in [-0.15, -0.1) is 25.6 Å². The summed E-state index contributed by atoms with van der Waals surface area (Å²) in [5, 5.41) is 67.2. The smallest absolute Gasteiger partial charge is 0.342 e. The molecule has 336 valence electrons. The first-order valence-corrected chi connectivity index (χ1v) is 21.8. The van der Waals surface area contributed by atoms with Crippen LogP contribution >= 0.6 is 0 Å². The number of phenols is 2. The van der Waals surface area contributed by atoms with Crippen LogP contribution in [0.3, 0.4) is 0 Å². The molecule has 0 spiro atoms. The first-order chi connectivity index (χ1) is 29.8. The molecule has 0 heterocycles. The monoisotopic (exact) mass is 946 g/mol. The number of nitrogens with one attached hydrogen (secondary N) is 1. The molecule has 0 saturated heterocycles. The number of nitro groups is 1. The van der Waals surface area contributed by atoms with E-state index >= 15 is 0 Å². The summed E-state index contributed by atoms with van der Waals surface area (Å²) >= 11 is 0. The van der Waals surface area contributed by atoms with Crippen LogP contribution < -0.4 is 14.8 Å². The van der Waals surface area contributed by atoms with Gasteiger partial charge in [0.2, 0.25) is 5.91 Å². The number of nitrogens with zero attached hydrogens (tertiary/aromatic N) is 7. The van der Waals surface area contributed by atoms with E-state index < -0.39 is 112 Å². The Labute approximate surface area is 359 Å². The molecule has 29 heteroatoms. The minimum atomic E-state index is -5.40. The third-order valence-electron chi connectivity index (χ3n) is 8.20. The molecule has 64 heavy (non-hydrogen) atoms. The number of carboxylic acids is 1. The number of aromatic hydroxyl groups is 2. The van der Waals surface area contributed by atoms with E-state index in [-0.39, 0.29) is 47.5 Å². The summed E-state index contributed by atoms with van der Waals surface area (Å²) in [7, 11) is -15.7. The fourth-order valence-electron chi connectivity index (χ4n) is 5.60. The lowest BCUT2D eigenvalue weighted by atomic mass is 10.1. The summed E-state index contributed by atoms with van der Waals surface area (Å²) in [6, 6.07) is 9.08. The fourth-order valence-corrected chi connectivity index (χ4v) is 7.57. The number of amides is 1. The SMILES string of the molecule is CCOc1cc(N=Nc2c(S(=O)(=O)O)cc3cc(S(=O)(=O)O)c(N=Nc4ccc([N+](=O)[O-])c(C(=O)O)c4)c(O)c3c2O)c(OCC)cc1N=Nc1ccc(NC(C)=O)cc1S(=O)(=O)O. The van der Waals surface area contributed by atoms with Crippen molar-refractivity contribution in [1.29, 1.82) is 0 Å². The van der Waals surface area contributed by atoms with Gasteiger partial charge in [-0.2, -0.15) is 30.4 Å². The van der Waals surface area contributed by atoms with Crippen molar-refractivity contribution in [3.63, 3.8) is 0 Å². The quantitative estimate of drug-likeness (QED) is 0.0216. The number of ether oxygens (including phenoxy) is 2. The van der Waals surface area contributed by atoms with Crippen LogP contribution in [0.15, 0.2) is 106 Å². The Kier molecular flexibility index (Phi) is 13.7. The van der Waals surface area contributed by atoms with Gasteiger partial charge >= 0.3 is 5.97 Å². The molecule has 0 radical (unpaired) electrons. The van der Waals surface area contributed by atoms with Crippen LogP contribution in [0.1, 0.15) is 31.1 Å². The molecule has 7 N–H and O–H groups in total. The lowest BCUT2D eigenvalue weighted by Gasteiger charge is -2.14. The summed E-state index contributed by atoms with van der Waals surface area (Å²) in [5.74, 6) is -5.16. The minimum Gasteiger partial charge on any atom is -0.505 e. The summed E-state index contributed by atoms with van der Waals surface area (Å²) in [4.78, 5) is 30.2. The first-order valence-electron chi connectivity index (χ1n) is 17.5. The molecule has 0 aromatic heterocycles. The van der Waals surface area contributed by atoms with Gasteiger partial charge in [-0.3, -0.25) is 28.6 Å². The van der Waals surface area contributed by atoms with Gasteiger partial charge in [0.25, 0.3) is 36.0 Å². The largest absolute Gasteiger partial charge is 0.505 e. The highest BCUT2D eigenvalue weighted by molar-refractivity contribution is 7.86. The molecule has 5 aromatic carbocycles. The van der Waals surface area contributed by atoms with Crippen LogP contribution in [0.5, 0.6) is 23.0 Å². The standard InChI is InChI=1S/C35H30N8O18S3/c1-4-60-25-15-23(26(61-5-2)14-22(25)39-38-21-8-6-18(36-16(3)44)13-27(21)62(51,52)53)40-42-32-29(64(57,58)59)11-17-10-28(63(54,55)56)31(33(45)30(17)34(32)46)41-37-19-7-9-24(43(49)50)20(12-19)35(47)48/h6-15,45-46H,4-5H2,1-3H3,(H,36,44)(H,47,48)(H,51,52,53)(H,54,55,56)(H,57,58,59). The first kappa shape index (κ1) is 47.5. The van der Waals surface area contributed by atoms with Gasteiger partial charge in [-0.05, 0) is 61.7 Å². The second-order valence-corrected chi connectivity index (χ2v) is 16.7. The molecule has 26 nitrogen and oxygen atoms in total. The molecule has 0 fully saturated rings. The van der Waals surface area contributed by atoms with E-state index in [1.54, 1.807) is 13.8 Å². The second-order valence-electron chi connectivity index (χ2n) is 12.5. The van der Waals surface area contributed by atoms with E-state index in [2.05, 4.69) is 36.0 Å². The van der Waals surface area contributed by atoms with Crippen LogP contribution in [0.25, 0.3) is 10.8 Å². The number of nitro benzene ring substituents is 1. The zero-order chi connectivity index (χ0) is 47.5. The number of carbonyl (C=O) groups is 2. The van der Waals surface area contributed by atoms with Crippen molar-refractivity contribution in [3.8, 4) is 23.0 Å². The van der Waals surface area contributed by atoms with Gasteiger partial charge in [0.05, 0.1) is 29.2 Å². The van der Waals surface area contributed by atoms with Crippen molar-refractivity contribution in [1.82, 2.24) is 0 Å². The lowest BCUT2D eigenvalue weighted by Crippen LogP contribution is -2.07. The Morgan fingerprint density at radius 3 is 1.61 bits per heavy atom. The Bertz CT molecular complexity index is 3210. The highest BCUT2D eigenvalue weighted by Crippen LogP contribution is 2.51. The van der Waals surface area contributed by atoms with Crippen molar-refractivity contribution < 1.29 is 78.2 Å². The predicted molar refractivity (Wildman–Crippen MR) is 219 cm³/mol. The zero-order valence-corrected chi connectivity index (χ0v) is 35.1. The summed E-state index contributed by atoms with van der Waals surface area (Å²) in [6.45, 7) is 4.20. The maximum absolute atomic E-state index is 12.6. The number of carboxylic acid groups (broad SMARTS) is 1. The summed E-state index contributed by atoms with van der Waals surface area (Å²) in [6.07, 6.45) is 0. The molecule has 1 amide bonds. The van der Waals surface area contributed by atoms with Gasteiger partial charge in [0, 0.05) is 30.8 Å². The van der Waals surface area contributed by atoms with E-state index in [0.717, 1.165) is 30.3 Å². The van der Waals surface area contributed by atoms with Crippen molar-refractivity contribution in [2.45, 2.75) is 35.5 Å². The Hall–Kier alpha value is -7.57. The summed E-state index contributed by atoms with van der Waals surface area (Å²) < 4.78 is 116. The third-order valence-corrected chi connectivity index (χ3v) is 10.8. The van der Waals surface area contributed by atoms with E-state index in [1.807, 2.05) is 0 Å². The topological polar surface area (TPSA) is 406 Å². The number of hydrogen-bond donors (Lipinski definition) is 7. The molecule has 0 unspecified atom stereocenters. The van der Waals surface area contributed by atoms with Crippen molar-refractivity contribution >= 4 is 98.5 Å². The van der Waals surface area contributed by atoms with Crippen molar-refractivity contribution in [2.75, 3.05) is 18.5 Å². The van der Waals surface area contributed by atoms with Crippen molar-refractivity contribution in [2.24, 2.45) is 30.7 Å². The number of aromatic carboxylic acids is 1. The van der Waals surface area contributed by atoms with E-state index in [1.165, 1.54) is 19.1 Å². The van der Waals surface area contributed by atoms with Crippen LogP contribution in [0.4, 0.5) is 45.5 Å². The molecule has 0 aliphatic rings. The Morgan fingerprint density at radius 1 is 0.672 bits per heavy atom. The molecule has 5 aromatic rings.